The van der Waals surface area contributed by atoms with Crippen LogP contribution < -0.4 is 5.32 Å². The molecule has 1 nitrogen and oxygen atoms in total. The lowest BCUT2D eigenvalue weighted by atomic mass is 10.2. The molecule has 0 aliphatic heterocycles. The smallest absolute Gasteiger partial charge is 0.0207 e. The summed E-state index contributed by atoms with van der Waals surface area (Å²) in [5.41, 5.74) is 1.35. The molecule has 0 atom stereocenters. The minimum absolute atomic E-state index is 0.536. The summed E-state index contributed by atoms with van der Waals surface area (Å²) in [6, 6.07) is 20.0. The van der Waals surface area contributed by atoms with Crippen molar-refractivity contribution in [2.45, 2.75) is 36.2 Å². The molecule has 0 amide bonds. The molecule has 1 N–H and O–H groups in total. The van der Waals surface area contributed by atoms with E-state index in [0.29, 0.717) is 6.04 Å². The van der Waals surface area contributed by atoms with E-state index in [1.807, 2.05) is 23.5 Å². The number of hydrogen-bond donors (Lipinski definition) is 1. The Morgan fingerprint density at radius 1 is 0.810 bits per heavy atom. The molecule has 0 spiro atoms. The van der Waals surface area contributed by atoms with Crippen LogP contribution in [0.4, 0.5) is 0 Å². The summed E-state index contributed by atoms with van der Waals surface area (Å²) in [7, 11) is 0. The molecule has 0 saturated carbocycles. The molecule has 0 saturated heterocycles. The van der Waals surface area contributed by atoms with Crippen LogP contribution in [0.25, 0.3) is 0 Å². The Morgan fingerprint density at radius 3 is 1.95 bits per heavy atom. The van der Waals surface area contributed by atoms with Crippen molar-refractivity contribution in [3.05, 3.63) is 60.2 Å². The van der Waals surface area contributed by atoms with Gasteiger partial charge in [-0.05, 0) is 29.8 Å². The van der Waals surface area contributed by atoms with E-state index in [1.54, 1.807) is 0 Å². The Balaban J connectivity index is 1.69. The van der Waals surface area contributed by atoms with Crippen molar-refractivity contribution in [1.29, 1.82) is 0 Å². The van der Waals surface area contributed by atoms with Gasteiger partial charge in [0.15, 0.2) is 0 Å². The SMILES string of the molecule is CC(C)NCc1ccc(SCCSc2ccccc2)cc1. The average Bonchev–Trinajstić information content (AvgIpc) is 2.52. The standard InChI is InChI=1S/C18H23NS2/c1-15(2)19-14-16-8-10-18(11-9-16)21-13-12-20-17-6-4-3-5-7-17/h3-11,15,19H,12-14H2,1-2H3. The zero-order valence-electron chi connectivity index (χ0n) is 12.7. The van der Waals surface area contributed by atoms with Crippen LogP contribution in [0, 0.1) is 0 Å². The first kappa shape index (κ1) is 16.5. The summed E-state index contributed by atoms with van der Waals surface area (Å²) >= 11 is 3.85. The maximum Gasteiger partial charge on any atom is 0.0207 e. The molecule has 3 heteroatoms. The quantitative estimate of drug-likeness (QED) is 0.539. The van der Waals surface area contributed by atoms with Gasteiger partial charge in [0.1, 0.15) is 0 Å². The molecule has 0 radical (unpaired) electrons. The van der Waals surface area contributed by atoms with Gasteiger partial charge in [-0.2, -0.15) is 0 Å². The second-order valence-electron chi connectivity index (χ2n) is 5.19. The third kappa shape index (κ3) is 6.60. The molecule has 21 heavy (non-hydrogen) atoms. The summed E-state index contributed by atoms with van der Waals surface area (Å²) < 4.78 is 0. The van der Waals surface area contributed by atoms with Gasteiger partial charge < -0.3 is 5.32 Å². The van der Waals surface area contributed by atoms with Crippen molar-refractivity contribution in [3.63, 3.8) is 0 Å². The van der Waals surface area contributed by atoms with Crippen molar-refractivity contribution in [2.75, 3.05) is 11.5 Å². The first-order chi connectivity index (χ1) is 10.2. The number of nitrogens with one attached hydrogen (secondary N) is 1. The number of thioether (sulfide) groups is 2. The van der Waals surface area contributed by atoms with Gasteiger partial charge in [-0.3, -0.25) is 0 Å². The number of benzene rings is 2. The lowest BCUT2D eigenvalue weighted by Gasteiger charge is -2.08. The highest BCUT2D eigenvalue weighted by molar-refractivity contribution is 8.03. The third-order valence-electron chi connectivity index (χ3n) is 3.00. The second kappa shape index (κ2) is 9.19. The van der Waals surface area contributed by atoms with Gasteiger partial charge in [-0.1, -0.05) is 44.2 Å². The minimum atomic E-state index is 0.536. The largest absolute Gasteiger partial charge is 0.310 e. The minimum Gasteiger partial charge on any atom is -0.310 e. The van der Waals surface area contributed by atoms with Gasteiger partial charge in [0.2, 0.25) is 0 Å². The van der Waals surface area contributed by atoms with Crippen molar-refractivity contribution in [1.82, 2.24) is 5.32 Å². The van der Waals surface area contributed by atoms with Gasteiger partial charge in [0.05, 0.1) is 0 Å². The average molecular weight is 318 g/mol. The molecule has 0 fully saturated rings. The Labute approximate surface area is 136 Å². The van der Waals surface area contributed by atoms with Crippen molar-refractivity contribution < 1.29 is 0 Å². The second-order valence-corrected chi connectivity index (χ2v) is 7.53. The summed E-state index contributed by atoms with van der Waals surface area (Å²) in [5.74, 6) is 2.29. The fraction of sp³-hybridized carbons (Fsp3) is 0.333. The van der Waals surface area contributed by atoms with Gasteiger partial charge in [-0.25, -0.2) is 0 Å². The van der Waals surface area contributed by atoms with Crippen LogP contribution in [0.1, 0.15) is 19.4 Å². The molecule has 112 valence electrons. The van der Waals surface area contributed by atoms with Gasteiger partial charge in [-0.15, -0.1) is 23.5 Å². The van der Waals surface area contributed by atoms with Crippen LogP contribution in [-0.4, -0.2) is 17.5 Å². The summed E-state index contributed by atoms with van der Waals surface area (Å²) in [4.78, 5) is 2.71. The maximum absolute atomic E-state index is 3.44. The van der Waals surface area contributed by atoms with Gasteiger partial charge in [0.25, 0.3) is 0 Å². The topological polar surface area (TPSA) is 12.0 Å². The van der Waals surface area contributed by atoms with Crippen LogP contribution in [-0.2, 0) is 6.54 Å². The fourth-order valence-electron chi connectivity index (χ4n) is 1.86. The molecule has 0 aliphatic rings. The van der Waals surface area contributed by atoms with E-state index in [9.17, 15) is 0 Å². The molecule has 0 heterocycles. The predicted octanol–water partition coefficient (Wildman–Crippen LogP) is 5.07. The van der Waals surface area contributed by atoms with Crippen molar-refractivity contribution in [3.8, 4) is 0 Å². The normalized spacial score (nSPS) is 11.0. The summed E-state index contributed by atoms with van der Waals surface area (Å²) in [6.07, 6.45) is 0. The van der Waals surface area contributed by atoms with E-state index in [1.165, 1.54) is 15.4 Å². The van der Waals surface area contributed by atoms with E-state index in [-0.39, 0.29) is 0 Å². The van der Waals surface area contributed by atoms with Crippen LogP contribution in [0.15, 0.2) is 64.4 Å². The highest BCUT2D eigenvalue weighted by atomic mass is 32.2. The Kier molecular flexibility index (Phi) is 7.20. The van der Waals surface area contributed by atoms with Gasteiger partial charge in [0, 0.05) is 33.9 Å². The lowest BCUT2D eigenvalue weighted by Crippen LogP contribution is -2.21. The van der Waals surface area contributed by atoms with Gasteiger partial charge >= 0.3 is 0 Å². The van der Waals surface area contributed by atoms with E-state index < -0.39 is 0 Å². The highest BCUT2D eigenvalue weighted by Gasteiger charge is 1.98. The van der Waals surface area contributed by atoms with Crippen molar-refractivity contribution >= 4 is 23.5 Å². The molecule has 0 bridgehead atoms. The molecular weight excluding hydrogens is 294 g/mol. The summed E-state index contributed by atoms with van der Waals surface area (Å²) in [5, 5.41) is 3.44. The molecular formula is C18H23NS2. The fourth-order valence-corrected chi connectivity index (χ4v) is 3.68. The molecule has 2 rings (SSSR count). The third-order valence-corrected chi connectivity index (χ3v) is 5.29. The number of hydrogen-bond acceptors (Lipinski definition) is 3. The Bertz CT molecular complexity index is 509. The van der Waals surface area contributed by atoms with E-state index in [4.69, 9.17) is 0 Å². The first-order valence-electron chi connectivity index (χ1n) is 7.37. The predicted molar refractivity (Wildman–Crippen MR) is 96.3 cm³/mol. The number of rotatable bonds is 8. The maximum atomic E-state index is 3.44. The zero-order valence-corrected chi connectivity index (χ0v) is 14.3. The van der Waals surface area contributed by atoms with Crippen LogP contribution in [0.5, 0.6) is 0 Å². The highest BCUT2D eigenvalue weighted by Crippen LogP contribution is 2.23. The molecule has 0 aliphatic carbocycles. The van der Waals surface area contributed by atoms with E-state index >= 15 is 0 Å². The first-order valence-corrected chi connectivity index (χ1v) is 9.34. The lowest BCUT2D eigenvalue weighted by molar-refractivity contribution is 0.588. The van der Waals surface area contributed by atoms with Crippen LogP contribution >= 0.6 is 23.5 Å². The van der Waals surface area contributed by atoms with Crippen molar-refractivity contribution in [2.24, 2.45) is 0 Å². The summed E-state index contributed by atoms with van der Waals surface area (Å²) in [6.45, 7) is 5.30. The van der Waals surface area contributed by atoms with Crippen LogP contribution in [0.2, 0.25) is 0 Å². The van der Waals surface area contributed by atoms with E-state index in [2.05, 4.69) is 73.8 Å². The molecule has 0 unspecified atom stereocenters. The Morgan fingerprint density at radius 2 is 1.38 bits per heavy atom. The monoisotopic (exact) mass is 317 g/mol. The molecule has 2 aromatic rings. The molecule has 2 aromatic carbocycles. The molecule has 0 aromatic heterocycles. The van der Waals surface area contributed by atoms with Crippen LogP contribution in [0.3, 0.4) is 0 Å². The Hall–Kier alpha value is -0.900. The van der Waals surface area contributed by atoms with E-state index in [0.717, 1.165) is 18.1 Å². The zero-order chi connectivity index (χ0) is 14.9.